The summed E-state index contributed by atoms with van der Waals surface area (Å²) in [7, 11) is 0. The van der Waals surface area contributed by atoms with Crippen LogP contribution in [0.4, 0.5) is 10.1 Å². The molecule has 1 aromatic heterocycles. The van der Waals surface area contributed by atoms with Crippen LogP contribution in [0.3, 0.4) is 0 Å². The number of hydrogen-bond donors (Lipinski definition) is 0. The van der Waals surface area contributed by atoms with Gasteiger partial charge < -0.3 is 0 Å². The monoisotopic (exact) mass is 268 g/mol. The van der Waals surface area contributed by atoms with Gasteiger partial charge in [-0.05, 0) is 19.3 Å². The fourth-order valence-corrected chi connectivity index (χ4v) is 2.90. The third-order valence-electron chi connectivity index (χ3n) is 4.27. The van der Waals surface area contributed by atoms with E-state index in [0.717, 1.165) is 6.54 Å². The maximum absolute atomic E-state index is 14.2. The number of likely N-dealkylation sites (tertiary alicyclic amines) is 1. The molecule has 3 rings (SSSR count). The van der Waals surface area contributed by atoms with Gasteiger partial charge in [-0.15, -0.1) is 0 Å². The maximum Gasteiger partial charge on any atom is 0.307 e. The van der Waals surface area contributed by atoms with E-state index in [-0.39, 0.29) is 11.7 Å². The molecule has 0 radical (unpaired) electrons. The van der Waals surface area contributed by atoms with Crippen LogP contribution in [-0.4, -0.2) is 44.9 Å². The number of nitrogens with zero attached hydrogens (tertiary/aromatic N) is 4. The molecular formula is C12H17FN4O2. The predicted molar refractivity (Wildman–Crippen MR) is 66.6 cm³/mol. The molecule has 2 unspecified atom stereocenters. The van der Waals surface area contributed by atoms with Gasteiger partial charge in [0, 0.05) is 19.1 Å². The highest BCUT2D eigenvalue weighted by atomic mass is 19.1. The minimum absolute atomic E-state index is 0.0753. The van der Waals surface area contributed by atoms with E-state index in [9.17, 15) is 14.5 Å². The Hall–Kier alpha value is -1.50. The second-order valence-electron chi connectivity index (χ2n) is 5.39. The van der Waals surface area contributed by atoms with E-state index in [1.807, 2.05) is 0 Å². The average molecular weight is 268 g/mol. The van der Waals surface area contributed by atoms with Gasteiger partial charge in [0.15, 0.2) is 0 Å². The van der Waals surface area contributed by atoms with Crippen molar-refractivity contribution in [2.45, 2.75) is 43.9 Å². The van der Waals surface area contributed by atoms with E-state index in [1.165, 1.54) is 36.3 Å². The van der Waals surface area contributed by atoms with Crippen LogP contribution >= 0.6 is 0 Å². The molecule has 1 saturated carbocycles. The minimum atomic E-state index is -1.01. The van der Waals surface area contributed by atoms with E-state index in [1.54, 1.807) is 0 Å². The normalized spacial score (nSPS) is 29.1. The summed E-state index contributed by atoms with van der Waals surface area (Å²) in [6.07, 6.45) is 5.76. The van der Waals surface area contributed by atoms with Crippen LogP contribution in [0.15, 0.2) is 12.4 Å². The molecule has 7 heteroatoms. The van der Waals surface area contributed by atoms with Gasteiger partial charge >= 0.3 is 5.69 Å². The third-order valence-corrected chi connectivity index (χ3v) is 4.27. The smallest absolute Gasteiger partial charge is 0.297 e. The summed E-state index contributed by atoms with van der Waals surface area (Å²) in [5.74, 6) is 0. The van der Waals surface area contributed by atoms with Gasteiger partial charge in [-0.3, -0.25) is 19.7 Å². The Labute approximate surface area is 110 Å². The third kappa shape index (κ3) is 2.34. The summed E-state index contributed by atoms with van der Waals surface area (Å²) in [5.41, 5.74) is -0.0753. The summed E-state index contributed by atoms with van der Waals surface area (Å²) >= 11 is 0. The predicted octanol–water partition coefficient (Wildman–Crippen LogP) is 1.93. The van der Waals surface area contributed by atoms with Gasteiger partial charge in [-0.25, -0.2) is 4.39 Å². The summed E-state index contributed by atoms with van der Waals surface area (Å²) < 4.78 is 15.7. The molecule has 1 saturated heterocycles. The van der Waals surface area contributed by atoms with Crippen molar-refractivity contribution < 1.29 is 9.31 Å². The molecule has 0 aromatic carbocycles. The Morgan fingerprint density at radius 3 is 2.74 bits per heavy atom. The lowest BCUT2D eigenvalue weighted by molar-refractivity contribution is -0.385. The molecule has 1 aliphatic carbocycles. The Morgan fingerprint density at radius 1 is 1.42 bits per heavy atom. The first-order chi connectivity index (χ1) is 9.15. The highest BCUT2D eigenvalue weighted by molar-refractivity contribution is 5.21. The summed E-state index contributed by atoms with van der Waals surface area (Å²) in [6, 6.07) is 0.177. The maximum atomic E-state index is 14.2. The van der Waals surface area contributed by atoms with Gasteiger partial charge in [-0.2, -0.15) is 5.10 Å². The van der Waals surface area contributed by atoms with Crippen molar-refractivity contribution in [1.29, 1.82) is 0 Å². The molecule has 0 bridgehead atoms. The van der Waals surface area contributed by atoms with Crippen molar-refractivity contribution in [3.63, 3.8) is 0 Å². The first-order valence-corrected chi connectivity index (χ1v) is 6.72. The minimum Gasteiger partial charge on any atom is -0.297 e. The van der Waals surface area contributed by atoms with Crippen molar-refractivity contribution in [2.24, 2.45) is 0 Å². The molecule has 104 valence electrons. The lowest BCUT2D eigenvalue weighted by atomic mass is 9.89. The molecule has 0 amide bonds. The number of piperidine rings is 1. The van der Waals surface area contributed by atoms with Gasteiger partial charge in [0.25, 0.3) is 0 Å². The molecule has 6 nitrogen and oxygen atoms in total. The number of nitro groups is 1. The van der Waals surface area contributed by atoms with E-state index < -0.39 is 11.1 Å². The van der Waals surface area contributed by atoms with E-state index in [4.69, 9.17) is 0 Å². The average Bonchev–Trinajstić information content (AvgIpc) is 2.76. The van der Waals surface area contributed by atoms with Crippen LogP contribution in [0, 0.1) is 10.1 Å². The van der Waals surface area contributed by atoms with Crippen LogP contribution in [0.2, 0.25) is 0 Å². The van der Waals surface area contributed by atoms with Crippen molar-refractivity contribution in [3.05, 3.63) is 22.5 Å². The summed E-state index contributed by atoms with van der Waals surface area (Å²) in [4.78, 5) is 12.3. The molecule has 1 aromatic rings. The van der Waals surface area contributed by atoms with Crippen molar-refractivity contribution in [2.75, 3.05) is 13.1 Å². The number of hydrogen-bond acceptors (Lipinski definition) is 4. The lowest BCUT2D eigenvalue weighted by Gasteiger charge is -2.43. The topological polar surface area (TPSA) is 64.2 Å². The van der Waals surface area contributed by atoms with Crippen LogP contribution < -0.4 is 0 Å². The van der Waals surface area contributed by atoms with E-state index >= 15 is 0 Å². The zero-order chi connectivity index (χ0) is 13.4. The summed E-state index contributed by atoms with van der Waals surface area (Å²) in [6.45, 7) is 1.27. The fraction of sp³-hybridized carbons (Fsp3) is 0.750. The lowest BCUT2D eigenvalue weighted by Crippen LogP contribution is -2.49. The number of rotatable bonds is 3. The Morgan fingerprint density at radius 2 is 2.21 bits per heavy atom. The second-order valence-corrected chi connectivity index (χ2v) is 5.39. The number of aromatic nitrogens is 2. The molecule has 0 spiro atoms. The van der Waals surface area contributed by atoms with Crippen molar-refractivity contribution >= 4 is 5.69 Å². The Bertz CT molecular complexity index is 474. The number of alkyl halides is 1. The molecule has 2 aliphatic rings. The first-order valence-electron chi connectivity index (χ1n) is 6.72. The van der Waals surface area contributed by atoms with Crippen LogP contribution in [0.25, 0.3) is 0 Å². The van der Waals surface area contributed by atoms with E-state index in [0.29, 0.717) is 19.0 Å². The fourth-order valence-electron chi connectivity index (χ4n) is 2.90. The zero-order valence-corrected chi connectivity index (χ0v) is 10.6. The largest absolute Gasteiger partial charge is 0.307 e. The zero-order valence-electron chi connectivity index (χ0n) is 10.6. The number of halogens is 1. The van der Waals surface area contributed by atoms with Crippen LogP contribution in [0.5, 0.6) is 0 Å². The Balaban J connectivity index is 1.66. The molecule has 2 heterocycles. The molecule has 2 fully saturated rings. The standard InChI is InChI=1S/C12H17FN4O2/c13-11-8-15(9-2-1-3-9)5-4-12(11)16-7-10(6-14-16)17(18)19/h6-7,9,11-12H,1-5,8H2. The van der Waals surface area contributed by atoms with Crippen molar-refractivity contribution in [3.8, 4) is 0 Å². The van der Waals surface area contributed by atoms with Crippen molar-refractivity contribution in [1.82, 2.24) is 14.7 Å². The first kappa shape index (κ1) is 12.5. The molecule has 2 atom stereocenters. The van der Waals surface area contributed by atoms with E-state index in [2.05, 4.69) is 10.00 Å². The molecule has 19 heavy (non-hydrogen) atoms. The van der Waals surface area contributed by atoms with Gasteiger partial charge in [-0.1, -0.05) is 6.42 Å². The van der Waals surface area contributed by atoms with Gasteiger partial charge in [0.05, 0.1) is 11.0 Å². The molecule has 1 aliphatic heterocycles. The summed E-state index contributed by atoms with van der Waals surface area (Å²) in [5, 5.41) is 14.5. The molecular weight excluding hydrogens is 251 g/mol. The highest BCUT2D eigenvalue weighted by Gasteiger charge is 2.36. The Kier molecular flexibility index (Phi) is 3.22. The highest BCUT2D eigenvalue weighted by Crippen LogP contribution is 2.32. The second kappa shape index (κ2) is 4.88. The molecule has 0 N–H and O–H groups in total. The van der Waals surface area contributed by atoms with Crippen LogP contribution in [0.1, 0.15) is 31.7 Å². The quantitative estimate of drug-likeness (QED) is 0.620. The van der Waals surface area contributed by atoms with Gasteiger partial charge in [0.2, 0.25) is 0 Å². The van der Waals surface area contributed by atoms with Gasteiger partial charge in [0.1, 0.15) is 18.6 Å². The SMILES string of the molecule is O=[N+]([O-])c1cnn(C2CCN(C3CCC3)CC2F)c1. The van der Waals surface area contributed by atoms with Crippen LogP contribution in [-0.2, 0) is 0 Å².